The fourth-order valence-corrected chi connectivity index (χ4v) is 3.07. The van der Waals surface area contributed by atoms with Crippen LogP contribution in [-0.4, -0.2) is 52.3 Å². The first kappa shape index (κ1) is 12.5. The molecule has 0 spiro atoms. The molecule has 0 N–H and O–H groups in total. The fourth-order valence-electron chi connectivity index (χ4n) is 2.09. The van der Waals surface area contributed by atoms with E-state index in [1.54, 1.807) is 11.8 Å². The van der Waals surface area contributed by atoms with E-state index in [1.165, 1.54) is 18.0 Å². The predicted molar refractivity (Wildman–Crippen MR) is 71.3 cm³/mol. The molecule has 6 nitrogen and oxygen atoms in total. The van der Waals surface area contributed by atoms with E-state index in [9.17, 15) is 9.59 Å². The van der Waals surface area contributed by atoms with Crippen molar-refractivity contribution < 1.29 is 14.0 Å². The van der Waals surface area contributed by atoms with Gasteiger partial charge in [-0.2, -0.15) is 4.98 Å². The highest BCUT2D eigenvalue weighted by atomic mass is 32.2. The number of hydrogen-bond acceptors (Lipinski definition) is 6. The van der Waals surface area contributed by atoms with Gasteiger partial charge in [-0.3, -0.25) is 9.59 Å². The Kier molecular flexibility index (Phi) is 3.22. The summed E-state index contributed by atoms with van der Waals surface area (Å²) in [5.74, 6) is -0.0589. The Bertz CT molecular complexity index is 506. The third-order valence-electron chi connectivity index (χ3n) is 3.31. The summed E-state index contributed by atoms with van der Waals surface area (Å²) in [6.45, 7) is 4.66. The van der Waals surface area contributed by atoms with Gasteiger partial charge < -0.3 is 14.2 Å². The molecule has 1 amide bonds. The molecule has 2 aliphatic rings. The van der Waals surface area contributed by atoms with Gasteiger partial charge in [0.05, 0.1) is 0 Å². The van der Waals surface area contributed by atoms with E-state index < -0.39 is 0 Å². The zero-order valence-corrected chi connectivity index (χ0v) is 11.5. The molecular weight excluding hydrogens is 266 g/mol. The number of oxazole rings is 1. The number of likely N-dealkylation sites (tertiary alicyclic amines) is 1. The second kappa shape index (κ2) is 4.88. The van der Waals surface area contributed by atoms with Crippen LogP contribution in [0.3, 0.4) is 0 Å². The minimum absolute atomic E-state index is 0.0589. The summed E-state index contributed by atoms with van der Waals surface area (Å²) < 4.78 is 5.33. The lowest BCUT2D eigenvalue weighted by molar-refractivity contribution is -0.109. The number of carbonyl (C=O) groups is 2. The number of rotatable bonds is 3. The van der Waals surface area contributed by atoms with Gasteiger partial charge in [-0.15, -0.1) is 0 Å². The van der Waals surface area contributed by atoms with Crippen molar-refractivity contribution >= 4 is 28.8 Å². The highest BCUT2D eigenvalue weighted by Crippen LogP contribution is 2.28. The zero-order valence-electron chi connectivity index (χ0n) is 10.7. The van der Waals surface area contributed by atoms with Gasteiger partial charge in [0, 0.05) is 38.4 Å². The molecule has 3 rings (SSSR count). The Morgan fingerprint density at radius 1 is 1.42 bits per heavy atom. The standard InChI is InChI=1S/C12H15N3O3S/c1-8(16)19-9-5-15(6-9)12-13-10(7-18-12)11(17)14-3-2-4-14/h7,9H,2-6H2,1H3. The lowest BCUT2D eigenvalue weighted by Crippen LogP contribution is -2.49. The molecule has 0 unspecified atom stereocenters. The molecule has 2 saturated heterocycles. The van der Waals surface area contributed by atoms with E-state index >= 15 is 0 Å². The van der Waals surface area contributed by atoms with E-state index in [0.717, 1.165) is 32.6 Å². The zero-order chi connectivity index (χ0) is 13.4. The Morgan fingerprint density at radius 2 is 2.16 bits per heavy atom. The van der Waals surface area contributed by atoms with Crippen LogP contribution in [0.2, 0.25) is 0 Å². The molecule has 0 aromatic carbocycles. The first-order chi connectivity index (χ1) is 9.13. The Balaban J connectivity index is 1.57. The molecule has 0 atom stereocenters. The van der Waals surface area contributed by atoms with Crippen molar-refractivity contribution in [2.24, 2.45) is 0 Å². The highest BCUT2D eigenvalue weighted by molar-refractivity contribution is 8.14. The minimum atomic E-state index is -0.0589. The molecule has 0 aliphatic carbocycles. The van der Waals surface area contributed by atoms with E-state index in [4.69, 9.17) is 4.42 Å². The maximum absolute atomic E-state index is 11.9. The summed E-state index contributed by atoms with van der Waals surface area (Å²) in [6, 6.07) is 0.476. The topological polar surface area (TPSA) is 66.7 Å². The van der Waals surface area contributed by atoms with E-state index in [-0.39, 0.29) is 11.0 Å². The number of aromatic nitrogens is 1. The number of amides is 1. The average Bonchev–Trinajstić information content (AvgIpc) is 2.68. The van der Waals surface area contributed by atoms with Gasteiger partial charge >= 0.3 is 0 Å². The number of hydrogen-bond donors (Lipinski definition) is 0. The van der Waals surface area contributed by atoms with Crippen LogP contribution in [0.25, 0.3) is 0 Å². The van der Waals surface area contributed by atoms with Crippen LogP contribution >= 0.6 is 11.8 Å². The molecule has 1 aromatic heterocycles. The van der Waals surface area contributed by atoms with Gasteiger partial charge in [0.25, 0.3) is 11.9 Å². The molecule has 7 heteroatoms. The summed E-state index contributed by atoms with van der Waals surface area (Å²) in [7, 11) is 0. The lowest BCUT2D eigenvalue weighted by atomic mass is 10.2. The highest BCUT2D eigenvalue weighted by Gasteiger charge is 2.32. The van der Waals surface area contributed by atoms with Gasteiger partial charge in [-0.05, 0) is 6.42 Å². The molecule has 19 heavy (non-hydrogen) atoms. The second-order valence-corrected chi connectivity index (χ2v) is 6.27. The van der Waals surface area contributed by atoms with Gasteiger partial charge in [-0.25, -0.2) is 0 Å². The molecule has 0 radical (unpaired) electrons. The van der Waals surface area contributed by atoms with E-state index in [0.29, 0.717) is 17.0 Å². The summed E-state index contributed by atoms with van der Waals surface area (Å²) in [4.78, 5) is 30.8. The average molecular weight is 281 g/mol. The molecule has 3 heterocycles. The van der Waals surface area contributed by atoms with Crippen LogP contribution in [0.4, 0.5) is 6.01 Å². The maximum Gasteiger partial charge on any atom is 0.298 e. The number of carbonyl (C=O) groups excluding carboxylic acids is 2. The van der Waals surface area contributed by atoms with Crippen molar-refractivity contribution in [2.45, 2.75) is 18.6 Å². The smallest absolute Gasteiger partial charge is 0.298 e. The van der Waals surface area contributed by atoms with Crippen LogP contribution in [0.15, 0.2) is 10.7 Å². The van der Waals surface area contributed by atoms with Crippen LogP contribution < -0.4 is 4.90 Å². The SMILES string of the molecule is CC(=O)SC1CN(c2nc(C(=O)N3CCC3)co2)C1. The van der Waals surface area contributed by atoms with Gasteiger partial charge in [0.2, 0.25) is 0 Å². The first-order valence-electron chi connectivity index (χ1n) is 6.30. The van der Waals surface area contributed by atoms with Crippen LogP contribution in [-0.2, 0) is 4.79 Å². The van der Waals surface area contributed by atoms with Gasteiger partial charge in [0.15, 0.2) is 10.8 Å². The molecule has 0 bridgehead atoms. The van der Waals surface area contributed by atoms with Gasteiger partial charge in [-0.1, -0.05) is 11.8 Å². The normalized spacial score (nSPS) is 19.0. The first-order valence-corrected chi connectivity index (χ1v) is 7.18. The summed E-state index contributed by atoms with van der Waals surface area (Å²) in [6.07, 6.45) is 2.48. The number of nitrogens with zero attached hydrogens (tertiary/aromatic N) is 3. The van der Waals surface area contributed by atoms with E-state index in [1.807, 2.05) is 4.90 Å². The van der Waals surface area contributed by atoms with Gasteiger partial charge in [0.1, 0.15) is 6.26 Å². The summed E-state index contributed by atoms with van der Waals surface area (Å²) in [5.41, 5.74) is 0.373. The Hall–Kier alpha value is -1.50. The number of anilines is 1. The quantitative estimate of drug-likeness (QED) is 0.823. The summed E-state index contributed by atoms with van der Waals surface area (Å²) in [5, 5.41) is 0.435. The van der Waals surface area contributed by atoms with Crippen LogP contribution in [0, 0.1) is 0 Å². The monoisotopic (exact) mass is 281 g/mol. The predicted octanol–water partition coefficient (Wildman–Crippen LogP) is 0.989. The molecule has 2 aliphatic heterocycles. The van der Waals surface area contributed by atoms with E-state index in [2.05, 4.69) is 4.98 Å². The van der Waals surface area contributed by atoms with Crippen molar-refractivity contribution in [2.75, 3.05) is 31.1 Å². The maximum atomic E-state index is 11.9. The van der Waals surface area contributed by atoms with Crippen LogP contribution in [0.5, 0.6) is 0 Å². The van der Waals surface area contributed by atoms with Crippen molar-refractivity contribution in [3.8, 4) is 0 Å². The molecular formula is C12H15N3O3S. The largest absolute Gasteiger partial charge is 0.431 e. The molecule has 102 valence electrons. The van der Waals surface area contributed by atoms with Crippen molar-refractivity contribution in [3.63, 3.8) is 0 Å². The minimum Gasteiger partial charge on any atom is -0.431 e. The van der Waals surface area contributed by atoms with Crippen LogP contribution in [0.1, 0.15) is 23.8 Å². The van der Waals surface area contributed by atoms with Crippen molar-refractivity contribution in [1.82, 2.24) is 9.88 Å². The Labute approximate surface area is 115 Å². The number of thioether (sulfide) groups is 1. The molecule has 2 fully saturated rings. The molecule has 1 aromatic rings. The fraction of sp³-hybridized carbons (Fsp3) is 0.583. The molecule has 0 saturated carbocycles. The lowest BCUT2D eigenvalue weighted by Gasteiger charge is -2.36. The van der Waals surface area contributed by atoms with Crippen molar-refractivity contribution in [3.05, 3.63) is 12.0 Å². The van der Waals surface area contributed by atoms with Crippen molar-refractivity contribution in [1.29, 1.82) is 0 Å². The third kappa shape index (κ3) is 2.47. The Morgan fingerprint density at radius 3 is 2.74 bits per heavy atom. The summed E-state index contributed by atoms with van der Waals surface area (Å²) >= 11 is 1.35. The second-order valence-electron chi connectivity index (χ2n) is 4.80. The third-order valence-corrected chi connectivity index (χ3v) is 4.27.